The van der Waals surface area contributed by atoms with Gasteiger partial charge in [-0.15, -0.1) is 0 Å². The lowest BCUT2D eigenvalue weighted by molar-refractivity contribution is -0.137. The number of hydrogen-bond donors (Lipinski definition) is 1. The summed E-state index contributed by atoms with van der Waals surface area (Å²) in [5.74, 6) is -0.834. The maximum Gasteiger partial charge on any atom is 0.416 e. The number of alkyl halides is 3. The van der Waals surface area contributed by atoms with Crippen molar-refractivity contribution in [2.75, 3.05) is 6.54 Å². The van der Waals surface area contributed by atoms with E-state index < -0.39 is 17.6 Å². The van der Waals surface area contributed by atoms with Gasteiger partial charge in [0.25, 0.3) is 0 Å². The summed E-state index contributed by atoms with van der Waals surface area (Å²) in [6.07, 6.45) is -2.38. The van der Waals surface area contributed by atoms with Gasteiger partial charge in [-0.3, -0.25) is 0 Å². The molecule has 0 saturated heterocycles. The van der Waals surface area contributed by atoms with Crippen LogP contribution in [0.15, 0.2) is 18.2 Å². The average molecular weight is 277 g/mol. The third-order valence-corrected chi connectivity index (χ3v) is 2.89. The Morgan fingerprint density at radius 2 is 1.89 bits per heavy atom. The fraction of sp³-hybridized carbons (Fsp3) is 0.571. The molecule has 1 aromatic carbocycles. The first-order valence-electron chi connectivity index (χ1n) is 6.43. The summed E-state index contributed by atoms with van der Waals surface area (Å²) in [6.45, 7) is 4.89. The quantitative estimate of drug-likeness (QED) is 0.770. The van der Waals surface area contributed by atoms with Gasteiger partial charge in [-0.25, -0.2) is 4.39 Å². The maximum absolute atomic E-state index is 13.2. The number of halogens is 4. The Kier molecular flexibility index (Phi) is 5.79. The minimum atomic E-state index is -4.50. The van der Waals surface area contributed by atoms with Crippen molar-refractivity contribution < 1.29 is 17.6 Å². The Morgan fingerprint density at radius 3 is 2.47 bits per heavy atom. The summed E-state index contributed by atoms with van der Waals surface area (Å²) in [6, 6.07) is 2.93. The molecule has 1 nitrogen and oxygen atoms in total. The molecule has 19 heavy (non-hydrogen) atoms. The summed E-state index contributed by atoms with van der Waals surface area (Å²) >= 11 is 0. The predicted molar refractivity (Wildman–Crippen MR) is 67.5 cm³/mol. The lowest BCUT2D eigenvalue weighted by Crippen LogP contribution is -2.27. The van der Waals surface area contributed by atoms with Gasteiger partial charge in [-0.2, -0.15) is 13.2 Å². The van der Waals surface area contributed by atoms with E-state index in [2.05, 4.69) is 5.32 Å². The Morgan fingerprint density at radius 1 is 1.21 bits per heavy atom. The van der Waals surface area contributed by atoms with Crippen LogP contribution in [0.1, 0.15) is 37.8 Å². The van der Waals surface area contributed by atoms with E-state index >= 15 is 0 Å². The van der Waals surface area contributed by atoms with Crippen LogP contribution in [-0.4, -0.2) is 12.6 Å². The number of aryl methyl sites for hydroxylation is 1. The lowest BCUT2D eigenvalue weighted by Gasteiger charge is -2.14. The van der Waals surface area contributed by atoms with Crippen LogP contribution in [0.5, 0.6) is 0 Å². The first-order chi connectivity index (χ1) is 8.82. The lowest BCUT2D eigenvalue weighted by atomic mass is 10.0. The molecule has 108 valence electrons. The van der Waals surface area contributed by atoms with Gasteiger partial charge >= 0.3 is 6.18 Å². The second-order valence-corrected chi connectivity index (χ2v) is 4.74. The fourth-order valence-corrected chi connectivity index (χ4v) is 1.83. The van der Waals surface area contributed by atoms with Gasteiger partial charge in [0, 0.05) is 6.04 Å². The van der Waals surface area contributed by atoms with Crippen molar-refractivity contribution in [2.24, 2.45) is 0 Å². The molecule has 0 heterocycles. The fourth-order valence-electron chi connectivity index (χ4n) is 1.83. The van der Waals surface area contributed by atoms with E-state index in [0.717, 1.165) is 19.0 Å². The maximum atomic E-state index is 13.2. The summed E-state index contributed by atoms with van der Waals surface area (Å²) < 4.78 is 50.8. The zero-order chi connectivity index (χ0) is 14.5. The second-order valence-electron chi connectivity index (χ2n) is 4.74. The van der Waals surface area contributed by atoms with Crippen molar-refractivity contribution >= 4 is 0 Å². The van der Waals surface area contributed by atoms with Crippen molar-refractivity contribution in [1.82, 2.24) is 5.32 Å². The van der Waals surface area contributed by atoms with Crippen molar-refractivity contribution in [3.63, 3.8) is 0 Å². The normalized spacial score (nSPS) is 13.6. The first-order valence-corrected chi connectivity index (χ1v) is 6.43. The first kappa shape index (κ1) is 16.0. The molecule has 0 amide bonds. The van der Waals surface area contributed by atoms with Crippen molar-refractivity contribution in [2.45, 2.75) is 45.3 Å². The summed E-state index contributed by atoms with van der Waals surface area (Å²) in [4.78, 5) is 0. The Balaban J connectivity index is 2.66. The highest BCUT2D eigenvalue weighted by atomic mass is 19.4. The molecule has 1 atom stereocenters. The van der Waals surface area contributed by atoms with E-state index in [-0.39, 0.29) is 6.04 Å². The standard InChI is InChI=1S/C14H19F4N/c1-3-6-19-10(2)4-5-11-7-12(14(16,17)18)9-13(15)8-11/h7-10,19H,3-6H2,1-2H3. The number of benzene rings is 1. The van der Waals surface area contributed by atoms with Crippen LogP contribution in [0.2, 0.25) is 0 Å². The molecule has 0 aromatic heterocycles. The van der Waals surface area contributed by atoms with Gasteiger partial charge in [-0.1, -0.05) is 6.92 Å². The van der Waals surface area contributed by atoms with E-state index in [4.69, 9.17) is 0 Å². The average Bonchev–Trinajstić information content (AvgIpc) is 2.32. The van der Waals surface area contributed by atoms with Crippen LogP contribution in [-0.2, 0) is 12.6 Å². The van der Waals surface area contributed by atoms with Crippen molar-refractivity contribution in [1.29, 1.82) is 0 Å². The van der Waals surface area contributed by atoms with E-state index in [9.17, 15) is 17.6 Å². The highest BCUT2D eigenvalue weighted by Crippen LogP contribution is 2.30. The van der Waals surface area contributed by atoms with Crippen LogP contribution in [0, 0.1) is 5.82 Å². The molecule has 0 fully saturated rings. The van der Waals surface area contributed by atoms with E-state index in [1.54, 1.807) is 0 Å². The van der Waals surface area contributed by atoms with Crippen LogP contribution in [0.4, 0.5) is 17.6 Å². The molecular formula is C14H19F4N. The van der Waals surface area contributed by atoms with Crippen LogP contribution < -0.4 is 5.32 Å². The molecule has 1 unspecified atom stereocenters. The highest BCUT2D eigenvalue weighted by molar-refractivity contribution is 5.27. The van der Waals surface area contributed by atoms with Crippen LogP contribution in [0.25, 0.3) is 0 Å². The molecule has 0 bridgehead atoms. The molecular weight excluding hydrogens is 258 g/mol. The van der Waals surface area contributed by atoms with Crippen LogP contribution in [0.3, 0.4) is 0 Å². The topological polar surface area (TPSA) is 12.0 Å². The minimum Gasteiger partial charge on any atom is -0.314 e. The molecule has 0 aliphatic heterocycles. The SMILES string of the molecule is CCCNC(C)CCc1cc(F)cc(C(F)(F)F)c1. The summed E-state index contributed by atoms with van der Waals surface area (Å²) in [5.41, 5.74) is -0.533. The minimum absolute atomic E-state index is 0.206. The van der Waals surface area contributed by atoms with Gasteiger partial charge in [0.1, 0.15) is 5.82 Å². The van der Waals surface area contributed by atoms with Gasteiger partial charge in [-0.05, 0) is 56.5 Å². The van der Waals surface area contributed by atoms with Crippen molar-refractivity contribution in [3.05, 3.63) is 35.1 Å². The van der Waals surface area contributed by atoms with Gasteiger partial charge in [0.2, 0.25) is 0 Å². The Hall–Kier alpha value is -1.10. The number of hydrogen-bond acceptors (Lipinski definition) is 1. The Labute approximate surface area is 111 Å². The van der Waals surface area contributed by atoms with E-state index in [1.807, 2.05) is 13.8 Å². The monoisotopic (exact) mass is 277 g/mol. The number of rotatable bonds is 6. The molecule has 0 radical (unpaired) electrons. The zero-order valence-corrected chi connectivity index (χ0v) is 11.1. The molecule has 0 saturated carbocycles. The molecule has 1 N–H and O–H groups in total. The molecule has 5 heteroatoms. The van der Waals surface area contributed by atoms with E-state index in [1.165, 1.54) is 6.07 Å². The molecule has 1 rings (SSSR count). The second kappa shape index (κ2) is 6.89. The number of nitrogens with one attached hydrogen (secondary N) is 1. The molecule has 1 aromatic rings. The van der Waals surface area contributed by atoms with Gasteiger partial charge < -0.3 is 5.32 Å². The third-order valence-electron chi connectivity index (χ3n) is 2.89. The predicted octanol–water partition coefficient (Wildman–Crippen LogP) is 4.17. The van der Waals surface area contributed by atoms with Gasteiger partial charge in [0.05, 0.1) is 5.56 Å². The third kappa shape index (κ3) is 5.59. The molecule has 0 aliphatic carbocycles. The largest absolute Gasteiger partial charge is 0.416 e. The smallest absolute Gasteiger partial charge is 0.314 e. The molecule has 0 spiro atoms. The highest BCUT2D eigenvalue weighted by Gasteiger charge is 2.31. The van der Waals surface area contributed by atoms with E-state index in [0.29, 0.717) is 24.5 Å². The van der Waals surface area contributed by atoms with Crippen LogP contribution >= 0.6 is 0 Å². The molecule has 0 aliphatic rings. The van der Waals surface area contributed by atoms with Crippen molar-refractivity contribution in [3.8, 4) is 0 Å². The zero-order valence-electron chi connectivity index (χ0n) is 11.1. The van der Waals surface area contributed by atoms with Gasteiger partial charge in [0.15, 0.2) is 0 Å². The Bertz CT molecular complexity index is 401. The summed E-state index contributed by atoms with van der Waals surface area (Å²) in [7, 11) is 0. The summed E-state index contributed by atoms with van der Waals surface area (Å²) in [5, 5.41) is 3.25.